The van der Waals surface area contributed by atoms with Crippen LogP contribution in [-0.4, -0.2) is 7.05 Å². The molecule has 19 heavy (non-hydrogen) atoms. The molecule has 1 aromatic rings. The average Bonchev–Trinajstić information content (AvgIpc) is 2.38. The molecule has 0 saturated heterocycles. The smallest absolute Gasteiger partial charge is 0.0357 e. The fraction of sp³-hybridized carbons (Fsp3) is 0.625. The molecule has 3 heteroatoms. The van der Waals surface area contributed by atoms with Gasteiger partial charge in [0.05, 0.1) is 0 Å². The molecular weight excluding hydrogens is 413 g/mol. The van der Waals surface area contributed by atoms with Gasteiger partial charge in [-0.05, 0) is 84.0 Å². The molecule has 0 amide bonds. The summed E-state index contributed by atoms with van der Waals surface area (Å²) in [5.41, 5.74) is 1.42. The van der Waals surface area contributed by atoms with Gasteiger partial charge in [-0.25, -0.2) is 0 Å². The van der Waals surface area contributed by atoms with Crippen LogP contribution < -0.4 is 5.32 Å². The predicted octanol–water partition coefficient (Wildman–Crippen LogP) is 5.39. The summed E-state index contributed by atoms with van der Waals surface area (Å²) in [6.07, 6.45) is 4.05. The topological polar surface area (TPSA) is 12.0 Å². The standard InChI is InChI=1S/C16H23BrIN/c1-10-4-5-12(8-11(10)2)16(19-3)14-9-13(18)6-7-15(14)17/h6-7,9-12,16,19H,4-5,8H2,1-3H3. The largest absolute Gasteiger partial charge is 0.313 e. The maximum atomic E-state index is 3.72. The second-order valence-electron chi connectivity index (χ2n) is 5.96. The summed E-state index contributed by atoms with van der Waals surface area (Å²) >= 11 is 6.12. The van der Waals surface area contributed by atoms with Crippen LogP contribution in [0.1, 0.15) is 44.7 Å². The Kier molecular flexibility index (Phi) is 5.73. The van der Waals surface area contributed by atoms with Crippen molar-refractivity contribution in [1.29, 1.82) is 0 Å². The lowest BCUT2D eigenvalue weighted by Crippen LogP contribution is -2.31. The summed E-state index contributed by atoms with van der Waals surface area (Å²) in [7, 11) is 2.10. The molecule has 0 aromatic heterocycles. The molecule has 4 atom stereocenters. The maximum Gasteiger partial charge on any atom is 0.0357 e. The van der Waals surface area contributed by atoms with E-state index in [1.165, 1.54) is 32.9 Å². The molecule has 1 aliphatic carbocycles. The van der Waals surface area contributed by atoms with Gasteiger partial charge in [0.2, 0.25) is 0 Å². The number of hydrogen-bond donors (Lipinski definition) is 1. The van der Waals surface area contributed by atoms with Gasteiger partial charge in [-0.1, -0.05) is 36.2 Å². The monoisotopic (exact) mass is 435 g/mol. The van der Waals surface area contributed by atoms with Crippen LogP contribution >= 0.6 is 38.5 Å². The zero-order chi connectivity index (χ0) is 14.0. The van der Waals surface area contributed by atoms with Crippen molar-refractivity contribution >= 4 is 38.5 Å². The first-order chi connectivity index (χ1) is 9.02. The predicted molar refractivity (Wildman–Crippen MR) is 94.3 cm³/mol. The van der Waals surface area contributed by atoms with E-state index in [0.717, 1.165) is 17.8 Å². The molecule has 1 aromatic carbocycles. The van der Waals surface area contributed by atoms with Crippen LogP contribution in [0.25, 0.3) is 0 Å². The van der Waals surface area contributed by atoms with E-state index in [-0.39, 0.29) is 0 Å². The van der Waals surface area contributed by atoms with Crippen molar-refractivity contribution < 1.29 is 0 Å². The van der Waals surface area contributed by atoms with Crippen molar-refractivity contribution in [3.8, 4) is 0 Å². The molecule has 4 unspecified atom stereocenters. The van der Waals surface area contributed by atoms with Gasteiger partial charge in [0.15, 0.2) is 0 Å². The normalized spacial score (nSPS) is 29.2. The third-order valence-corrected chi connectivity index (χ3v) is 6.11. The highest BCUT2D eigenvalue weighted by atomic mass is 127. The van der Waals surface area contributed by atoms with Gasteiger partial charge in [-0.2, -0.15) is 0 Å². The lowest BCUT2D eigenvalue weighted by Gasteiger charge is -2.37. The number of halogens is 2. The zero-order valence-electron chi connectivity index (χ0n) is 11.9. The van der Waals surface area contributed by atoms with E-state index in [9.17, 15) is 0 Å². The molecule has 1 N–H and O–H groups in total. The van der Waals surface area contributed by atoms with E-state index in [1.807, 2.05) is 0 Å². The minimum Gasteiger partial charge on any atom is -0.313 e. The van der Waals surface area contributed by atoms with Crippen LogP contribution in [0, 0.1) is 21.3 Å². The Morgan fingerprint density at radius 3 is 2.63 bits per heavy atom. The van der Waals surface area contributed by atoms with E-state index in [2.05, 4.69) is 82.9 Å². The van der Waals surface area contributed by atoms with Crippen LogP contribution in [0.15, 0.2) is 22.7 Å². The minimum atomic E-state index is 0.471. The Morgan fingerprint density at radius 1 is 1.26 bits per heavy atom. The molecule has 0 spiro atoms. The third kappa shape index (κ3) is 3.73. The fourth-order valence-corrected chi connectivity index (χ4v) is 4.30. The maximum absolute atomic E-state index is 3.72. The first kappa shape index (κ1) is 15.8. The molecule has 0 heterocycles. The van der Waals surface area contributed by atoms with E-state index in [1.54, 1.807) is 0 Å². The molecule has 1 saturated carbocycles. The molecule has 0 bridgehead atoms. The van der Waals surface area contributed by atoms with Crippen molar-refractivity contribution in [2.75, 3.05) is 7.05 Å². The van der Waals surface area contributed by atoms with Crippen molar-refractivity contribution in [2.24, 2.45) is 17.8 Å². The first-order valence-electron chi connectivity index (χ1n) is 7.15. The molecule has 2 rings (SSSR count). The van der Waals surface area contributed by atoms with Crippen molar-refractivity contribution in [3.05, 3.63) is 31.8 Å². The SMILES string of the molecule is CNC(c1cc(I)ccc1Br)C1CCC(C)C(C)C1. The molecule has 106 valence electrons. The molecule has 1 aliphatic rings. The van der Waals surface area contributed by atoms with Crippen molar-refractivity contribution in [1.82, 2.24) is 5.32 Å². The molecule has 1 nitrogen and oxygen atoms in total. The van der Waals surface area contributed by atoms with Crippen LogP contribution in [0.2, 0.25) is 0 Å². The van der Waals surface area contributed by atoms with Crippen LogP contribution in [0.3, 0.4) is 0 Å². The highest BCUT2D eigenvalue weighted by Crippen LogP contribution is 2.41. The first-order valence-corrected chi connectivity index (χ1v) is 9.02. The summed E-state index contributed by atoms with van der Waals surface area (Å²) in [5.74, 6) is 2.48. The van der Waals surface area contributed by atoms with Gasteiger partial charge in [-0.3, -0.25) is 0 Å². The number of benzene rings is 1. The summed E-state index contributed by atoms with van der Waals surface area (Å²) in [5, 5.41) is 3.56. The van der Waals surface area contributed by atoms with Gasteiger partial charge in [0.1, 0.15) is 0 Å². The van der Waals surface area contributed by atoms with Gasteiger partial charge in [-0.15, -0.1) is 0 Å². The summed E-state index contributed by atoms with van der Waals surface area (Å²) in [4.78, 5) is 0. The van der Waals surface area contributed by atoms with Gasteiger partial charge < -0.3 is 5.32 Å². The Hall–Kier alpha value is 0.390. The fourth-order valence-electron chi connectivity index (χ4n) is 3.29. The lowest BCUT2D eigenvalue weighted by atomic mass is 9.72. The van der Waals surface area contributed by atoms with E-state index in [0.29, 0.717) is 6.04 Å². The highest BCUT2D eigenvalue weighted by molar-refractivity contribution is 14.1. The van der Waals surface area contributed by atoms with Crippen LogP contribution in [0.4, 0.5) is 0 Å². The number of hydrogen-bond acceptors (Lipinski definition) is 1. The van der Waals surface area contributed by atoms with Crippen LogP contribution in [0.5, 0.6) is 0 Å². The second kappa shape index (κ2) is 6.90. The summed E-state index contributed by atoms with van der Waals surface area (Å²) in [6.45, 7) is 4.81. The summed E-state index contributed by atoms with van der Waals surface area (Å²) < 4.78 is 2.55. The molecule has 0 aliphatic heterocycles. The van der Waals surface area contributed by atoms with E-state index in [4.69, 9.17) is 0 Å². The minimum absolute atomic E-state index is 0.471. The number of rotatable bonds is 3. The van der Waals surface area contributed by atoms with Gasteiger partial charge >= 0.3 is 0 Å². The molecular formula is C16H23BrIN. The lowest BCUT2D eigenvalue weighted by molar-refractivity contribution is 0.174. The Balaban J connectivity index is 2.22. The summed E-state index contributed by atoms with van der Waals surface area (Å²) in [6, 6.07) is 7.12. The van der Waals surface area contributed by atoms with Gasteiger partial charge in [0.25, 0.3) is 0 Å². The highest BCUT2D eigenvalue weighted by Gasteiger charge is 2.31. The molecule has 1 fully saturated rings. The zero-order valence-corrected chi connectivity index (χ0v) is 15.7. The number of nitrogens with one attached hydrogen (secondary N) is 1. The van der Waals surface area contributed by atoms with Crippen LogP contribution in [-0.2, 0) is 0 Å². The average molecular weight is 436 g/mol. The van der Waals surface area contributed by atoms with Crippen molar-refractivity contribution in [2.45, 2.75) is 39.2 Å². The van der Waals surface area contributed by atoms with Gasteiger partial charge in [0, 0.05) is 14.1 Å². The van der Waals surface area contributed by atoms with E-state index < -0.39 is 0 Å². The van der Waals surface area contributed by atoms with E-state index >= 15 is 0 Å². The Morgan fingerprint density at radius 2 is 2.00 bits per heavy atom. The third-order valence-electron chi connectivity index (χ3n) is 4.71. The molecule has 0 radical (unpaired) electrons. The van der Waals surface area contributed by atoms with Crippen molar-refractivity contribution in [3.63, 3.8) is 0 Å². The Labute approximate surface area is 139 Å². The Bertz CT molecular complexity index is 435. The second-order valence-corrected chi connectivity index (χ2v) is 8.06. The quantitative estimate of drug-likeness (QED) is 0.628.